The molecule has 1 N–H and O–H groups in total. The number of rotatable bonds is 10. The second-order valence-corrected chi connectivity index (χ2v) is 11.5. The first kappa shape index (κ1) is 35.9. The Morgan fingerprint density at radius 3 is 2.40 bits per heavy atom. The summed E-state index contributed by atoms with van der Waals surface area (Å²) in [5.41, 5.74) is 3.83. The van der Waals surface area contributed by atoms with Crippen LogP contribution in [-0.4, -0.2) is 59.8 Å². The Bertz CT molecular complexity index is 1740. The monoisotopic (exact) mass is 736 g/mol. The predicted molar refractivity (Wildman–Crippen MR) is 184 cm³/mol. The third-order valence-corrected chi connectivity index (χ3v) is 8.40. The van der Waals surface area contributed by atoms with Crippen LogP contribution in [0.1, 0.15) is 23.7 Å². The van der Waals surface area contributed by atoms with Gasteiger partial charge in [0.25, 0.3) is 0 Å². The van der Waals surface area contributed by atoms with E-state index in [0.717, 1.165) is 15.9 Å². The fraction of sp³-hybridized carbons (Fsp3) is 0.226. The zero-order valence-corrected chi connectivity index (χ0v) is 29.1. The number of carbonyl (C=O) groups is 3. The normalized spacial score (nSPS) is 11.0. The molecule has 0 saturated heterocycles. The van der Waals surface area contributed by atoms with Crippen LogP contribution >= 0.6 is 51.5 Å². The highest BCUT2D eigenvalue weighted by molar-refractivity contribution is 9.10. The summed E-state index contributed by atoms with van der Waals surface area (Å²) in [6.07, 6.45) is 4.82. The van der Waals surface area contributed by atoms with Crippen molar-refractivity contribution in [1.29, 1.82) is 0 Å². The van der Waals surface area contributed by atoms with E-state index in [4.69, 9.17) is 27.9 Å². The first-order valence-corrected chi connectivity index (χ1v) is 15.0. The van der Waals surface area contributed by atoms with E-state index in [0.29, 0.717) is 33.4 Å². The number of anilines is 2. The molecule has 2 aromatic carbocycles. The average Bonchev–Trinajstić information content (AvgIpc) is 3.28. The lowest BCUT2D eigenvalue weighted by Crippen LogP contribution is -2.40. The molecule has 2 heterocycles. The molecule has 0 unspecified atom stereocenters. The fourth-order valence-electron chi connectivity index (χ4n) is 4.43. The molecule has 14 heteroatoms. The number of amides is 3. The van der Waals surface area contributed by atoms with Crippen molar-refractivity contribution in [2.24, 2.45) is 0 Å². The van der Waals surface area contributed by atoms with Crippen molar-refractivity contribution in [3.05, 3.63) is 92.3 Å². The maximum atomic E-state index is 13.0. The zero-order chi connectivity index (χ0) is 32.1. The summed E-state index contributed by atoms with van der Waals surface area (Å²) in [6.45, 7) is 3.16. The van der Waals surface area contributed by atoms with E-state index in [2.05, 4.69) is 26.2 Å². The molecular formula is C31H32BrCl3N6O4. The molecule has 0 radical (unpaired) electrons. The van der Waals surface area contributed by atoms with E-state index < -0.39 is 5.91 Å². The molecule has 0 spiro atoms. The summed E-state index contributed by atoms with van der Waals surface area (Å²) >= 11 is 16.7. The van der Waals surface area contributed by atoms with Crippen LogP contribution in [0.4, 0.5) is 11.4 Å². The van der Waals surface area contributed by atoms with Crippen molar-refractivity contribution in [2.45, 2.75) is 20.5 Å². The molecule has 238 valence electrons. The van der Waals surface area contributed by atoms with Crippen LogP contribution < -0.4 is 20.0 Å². The largest absolute Gasteiger partial charge is 0.485 e. The number of aryl methyl sites for hydroxylation is 1. The van der Waals surface area contributed by atoms with E-state index in [9.17, 15) is 14.4 Å². The molecule has 0 fully saturated rings. The number of fused-ring (bicyclic) bond motifs is 1. The molecule has 0 aliphatic rings. The smallest absolute Gasteiger partial charge is 0.246 e. The first-order chi connectivity index (χ1) is 20.9. The van der Waals surface area contributed by atoms with E-state index in [1.165, 1.54) is 22.9 Å². The van der Waals surface area contributed by atoms with Gasteiger partial charge in [0.1, 0.15) is 11.2 Å². The number of nitrogens with zero attached hydrogens (tertiary/aromatic N) is 5. The number of likely N-dealkylation sites (N-methyl/N-ethyl adjacent to an activating group) is 1. The number of pyridine rings is 1. The van der Waals surface area contributed by atoms with Crippen LogP contribution in [0.15, 0.2) is 65.4 Å². The number of halogens is 4. The number of hydrazine groups is 1. The number of aromatic nitrogens is 2. The maximum absolute atomic E-state index is 13.0. The molecule has 0 saturated carbocycles. The summed E-state index contributed by atoms with van der Waals surface area (Å²) < 4.78 is 8.75. The molecule has 0 atom stereocenters. The van der Waals surface area contributed by atoms with Crippen LogP contribution in [0.2, 0.25) is 10.0 Å². The predicted octanol–water partition coefficient (Wildman–Crippen LogP) is 6.33. The molecule has 2 aromatic heterocycles. The Morgan fingerprint density at radius 2 is 1.76 bits per heavy atom. The number of benzene rings is 2. The van der Waals surface area contributed by atoms with Gasteiger partial charge in [-0.15, -0.1) is 12.4 Å². The van der Waals surface area contributed by atoms with Crippen LogP contribution in [0.5, 0.6) is 5.75 Å². The standard InChI is InChI=1S/C31H31BrCl2N6O4.ClH/c1-19-30(32)39-16-6-7-26(31(39)36-19)44-18-23-24(33)13-14-25(29(23)34)38(5)28(43)17-35-27(42)15-10-21-8-11-22(12-9-21)40(20(2)41)37(3)4;/h6-16H,17-18H2,1-5H3,(H,35,42);1H. The number of ether oxygens (including phenoxy) is 1. The second-order valence-electron chi connectivity index (χ2n) is 9.98. The minimum atomic E-state index is -0.444. The van der Waals surface area contributed by atoms with Crippen molar-refractivity contribution < 1.29 is 19.1 Å². The van der Waals surface area contributed by atoms with Crippen molar-refractivity contribution in [1.82, 2.24) is 19.7 Å². The molecule has 0 aliphatic heterocycles. The maximum Gasteiger partial charge on any atom is 0.246 e. The number of hydrogen-bond acceptors (Lipinski definition) is 6. The Morgan fingerprint density at radius 1 is 1.07 bits per heavy atom. The highest BCUT2D eigenvalue weighted by Crippen LogP contribution is 2.35. The van der Waals surface area contributed by atoms with Crippen molar-refractivity contribution >= 4 is 92.4 Å². The minimum absolute atomic E-state index is 0. The van der Waals surface area contributed by atoms with E-state index >= 15 is 0 Å². The lowest BCUT2D eigenvalue weighted by Gasteiger charge is -2.27. The van der Waals surface area contributed by atoms with Gasteiger partial charge < -0.3 is 15.0 Å². The Labute approximate surface area is 286 Å². The minimum Gasteiger partial charge on any atom is -0.485 e. The van der Waals surface area contributed by atoms with Gasteiger partial charge in [-0.1, -0.05) is 35.3 Å². The van der Waals surface area contributed by atoms with Crippen molar-refractivity contribution in [3.8, 4) is 5.75 Å². The number of nitrogens with one attached hydrogen (secondary N) is 1. The van der Waals surface area contributed by atoms with Gasteiger partial charge in [0, 0.05) is 50.9 Å². The van der Waals surface area contributed by atoms with E-state index in [-0.39, 0.29) is 42.4 Å². The molecule has 4 rings (SSSR count). The van der Waals surface area contributed by atoms with Crippen molar-refractivity contribution in [3.63, 3.8) is 0 Å². The van der Waals surface area contributed by atoms with Gasteiger partial charge >= 0.3 is 0 Å². The first-order valence-electron chi connectivity index (χ1n) is 13.4. The topological polar surface area (TPSA) is 99.5 Å². The summed E-state index contributed by atoms with van der Waals surface area (Å²) in [7, 11) is 5.11. The molecule has 45 heavy (non-hydrogen) atoms. The highest BCUT2D eigenvalue weighted by atomic mass is 79.9. The fourth-order valence-corrected chi connectivity index (χ4v) is 5.42. The average molecular weight is 739 g/mol. The molecule has 0 aliphatic carbocycles. The Hall–Kier alpha value is -3.61. The molecule has 10 nitrogen and oxygen atoms in total. The molecule has 3 amide bonds. The van der Waals surface area contributed by atoms with Gasteiger partial charge in [0.2, 0.25) is 17.7 Å². The van der Waals surface area contributed by atoms with Gasteiger partial charge in [-0.3, -0.25) is 18.8 Å². The molecular weight excluding hydrogens is 707 g/mol. The number of imidazole rings is 1. The lowest BCUT2D eigenvalue weighted by molar-refractivity contribution is -0.122. The van der Waals surface area contributed by atoms with Gasteiger partial charge in [0.05, 0.1) is 28.6 Å². The zero-order valence-electron chi connectivity index (χ0n) is 25.2. The third kappa shape index (κ3) is 8.36. The highest BCUT2D eigenvalue weighted by Gasteiger charge is 2.20. The van der Waals surface area contributed by atoms with Crippen LogP contribution in [0.3, 0.4) is 0 Å². The van der Waals surface area contributed by atoms with E-state index in [1.807, 2.05) is 23.6 Å². The van der Waals surface area contributed by atoms with Gasteiger partial charge in [0.15, 0.2) is 11.4 Å². The van der Waals surface area contributed by atoms with Crippen LogP contribution in [0, 0.1) is 6.92 Å². The molecule has 4 aromatic rings. The SMILES string of the molecule is CC(=O)N(c1ccc(C=CC(=O)NCC(=O)N(C)c2ccc(Cl)c(COc3cccn4c(Br)c(C)nc34)c2Cl)cc1)N(C)C.Cl. The lowest BCUT2D eigenvalue weighted by atomic mass is 10.2. The van der Waals surface area contributed by atoms with Crippen LogP contribution in [0.25, 0.3) is 11.7 Å². The quantitative estimate of drug-likeness (QED) is 0.151. The second kappa shape index (κ2) is 15.6. The van der Waals surface area contributed by atoms with E-state index in [1.54, 1.807) is 74.7 Å². The Balaban J connectivity index is 0.00000552. The van der Waals surface area contributed by atoms with Crippen LogP contribution in [-0.2, 0) is 21.0 Å². The number of carbonyl (C=O) groups excluding carboxylic acids is 3. The van der Waals surface area contributed by atoms with Crippen molar-refractivity contribution in [2.75, 3.05) is 37.6 Å². The Kier molecular flexibility index (Phi) is 12.4. The van der Waals surface area contributed by atoms with Gasteiger partial charge in [-0.25, -0.2) is 15.0 Å². The third-order valence-electron chi connectivity index (χ3n) is 6.67. The summed E-state index contributed by atoms with van der Waals surface area (Å²) in [5.74, 6) is -0.409. The van der Waals surface area contributed by atoms with Gasteiger partial charge in [-0.05, 0) is 70.9 Å². The summed E-state index contributed by atoms with van der Waals surface area (Å²) in [6, 6.07) is 14.1. The molecule has 0 bridgehead atoms. The summed E-state index contributed by atoms with van der Waals surface area (Å²) in [4.78, 5) is 43.2. The van der Waals surface area contributed by atoms with Gasteiger partial charge in [-0.2, -0.15) is 0 Å². The summed E-state index contributed by atoms with van der Waals surface area (Å²) in [5, 5.41) is 6.44. The number of hydrogen-bond donors (Lipinski definition) is 1.